The second kappa shape index (κ2) is 8.11. The molecule has 0 spiro atoms. The van der Waals surface area contributed by atoms with E-state index in [1.54, 1.807) is 18.2 Å². The highest BCUT2D eigenvalue weighted by Crippen LogP contribution is 2.31. The van der Waals surface area contributed by atoms with Gasteiger partial charge in [0, 0.05) is 37.2 Å². The maximum Gasteiger partial charge on any atom is 0.183 e. The highest BCUT2D eigenvalue weighted by Gasteiger charge is 2.48. The molecule has 2 atom stereocenters. The molecular weight excluding hydrogens is 451 g/mol. The zero-order valence-corrected chi connectivity index (χ0v) is 18.5. The van der Waals surface area contributed by atoms with Crippen LogP contribution in [0.2, 0.25) is 5.02 Å². The molecule has 6 nitrogen and oxygen atoms in total. The van der Waals surface area contributed by atoms with Crippen LogP contribution < -0.4 is 4.90 Å². The zero-order valence-electron chi connectivity index (χ0n) is 16.1. The fourth-order valence-corrected chi connectivity index (χ4v) is 9.19. The first kappa shape index (κ1) is 21.5. The lowest BCUT2D eigenvalue weighted by molar-refractivity contribution is 0.201. The van der Waals surface area contributed by atoms with Crippen LogP contribution in [0.1, 0.15) is 0 Å². The van der Waals surface area contributed by atoms with Crippen LogP contribution in [0.25, 0.3) is 0 Å². The molecule has 0 aromatic heterocycles. The van der Waals surface area contributed by atoms with Gasteiger partial charge in [-0.1, -0.05) is 23.7 Å². The number of anilines is 1. The summed E-state index contributed by atoms with van der Waals surface area (Å²) in [7, 11) is -7.34. The molecule has 2 aliphatic rings. The van der Waals surface area contributed by atoms with Crippen LogP contribution in [-0.4, -0.2) is 70.7 Å². The van der Waals surface area contributed by atoms with E-state index in [-0.39, 0.29) is 16.5 Å². The topological polar surface area (TPSA) is 74.8 Å². The zero-order chi connectivity index (χ0) is 21.5. The Bertz CT molecular complexity index is 1130. The van der Waals surface area contributed by atoms with E-state index in [2.05, 4.69) is 0 Å². The van der Waals surface area contributed by atoms with Gasteiger partial charge in [-0.25, -0.2) is 21.2 Å². The molecule has 4 rings (SSSR count). The van der Waals surface area contributed by atoms with Crippen LogP contribution in [0.3, 0.4) is 0 Å². The molecule has 2 saturated heterocycles. The highest BCUT2D eigenvalue weighted by molar-refractivity contribution is 7.96. The Morgan fingerprint density at radius 3 is 2.20 bits per heavy atom. The Morgan fingerprint density at radius 1 is 0.933 bits per heavy atom. The number of piperazine rings is 1. The van der Waals surface area contributed by atoms with Crippen molar-refractivity contribution in [2.24, 2.45) is 0 Å². The van der Waals surface area contributed by atoms with E-state index >= 15 is 0 Å². The van der Waals surface area contributed by atoms with E-state index in [0.717, 1.165) is 0 Å². The van der Waals surface area contributed by atoms with Gasteiger partial charge in [0.2, 0.25) is 0 Å². The van der Waals surface area contributed by atoms with Gasteiger partial charge in [-0.3, -0.25) is 4.90 Å². The van der Waals surface area contributed by atoms with Crippen molar-refractivity contribution in [3.8, 4) is 0 Å². The number of rotatable bonds is 4. The van der Waals surface area contributed by atoms with E-state index in [0.29, 0.717) is 36.9 Å². The molecular formula is C20H22ClFN2O4S2. The molecule has 162 valence electrons. The Balaban J connectivity index is 1.55. The summed E-state index contributed by atoms with van der Waals surface area (Å²) in [5.74, 6) is -0.891. The minimum atomic E-state index is -3.85. The molecule has 2 fully saturated rings. The first-order valence-electron chi connectivity index (χ1n) is 9.61. The fraction of sp³-hybridized carbons (Fsp3) is 0.400. The smallest absolute Gasteiger partial charge is 0.183 e. The lowest BCUT2D eigenvalue weighted by Crippen LogP contribution is -2.55. The molecule has 2 heterocycles. The fourth-order valence-electron chi connectivity index (χ4n) is 4.24. The van der Waals surface area contributed by atoms with Gasteiger partial charge >= 0.3 is 0 Å². The predicted molar refractivity (Wildman–Crippen MR) is 115 cm³/mol. The van der Waals surface area contributed by atoms with E-state index in [1.807, 2.05) is 9.80 Å². The van der Waals surface area contributed by atoms with Crippen LogP contribution in [0.5, 0.6) is 0 Å². The summed E-state index contributed by atoms with van der Waals surface area (Å²) in [6, 6.07) is 11.7. The van der Waals surface area contributed by atoms with E-state index in [1.165, 1.54) is 30.3 Å². The molecule has 2 aliphatic heterocycles. The normalized spacial score (nSPS) is 24.8. The number of benzene rings is 2. The van der Waals surface area contributed by atoms with Crippen molar-refractivity contribution in [1.82, 2.24) is 4.90 Å². The molecule has 2 aromatic carbocycles. The van der Waals surface area contributed by atoms with Crippen LogP contribution in [0.4, 0.5) is 10.1 Å². The van der Waals surface area contributed by atoms with Crippen molar-refractivity contribution in [3.05, 3.63) is 59.4 Å². The van der Waals surface area contributed by atoms with Crippen molar-refractivity contribution in [3.63, 3.8) is 0 Å². The van der Waals surface area contributed by atoms with Gasteiger partial charge in [0.25, 0.3) is 0 Å². The summed E-state index contributed by atoms with van der Waals surface area (Å²) in [6.45, 7) is 1.90. The Labute approximate surface area is 181 Å². The number of para-hydroxylation sites is 1. The van der Waals surface area contributed by atoms with Crippen molar-refractivity contribution in [1.29, 1.82) is 0 Å². The van der Waals surface area contributed by atoms with Crippen LogP contribution in [0, 0.1) is 5.82 Å². The Morgan fingerprint density at radius 2 is 1.57 bits per heavy atom. The Kier molecular flexibility index (Phi) is 5.82. The minimum absolute atomic E-state index is 0.0731. The van der Waals surface area contributed by atoms with E-state index < -0.39 is 36.7 Å². The first-order chi connectivity index (χ1) is 14.2. The average Bonchev–Trinajstić information content (AvgIpc) is 3.05. The standard InChI is InChI=1S/C20H22ClFN2O4S2/c21-15-5-7-16(8-6-15)30(27,28)20-14-29(25,26)13-19(20)24-11-9-23(10-12-24)18-4-2-1-3-17(18)22/h1-8,19-20H,9-14H2/t19-,20-/m0/s1. The minimum Gasteiger partial charge on any atom is -0.367 e. The highest BCUT2D eigenvalue weighted by atomic mass is 35.5. The van der Waals surface area contributed by atoms with Crippen molar-refractivity contribution < 1.29 is 21.2 Å². The van der Waals surface area contributed by atoms with Gasteiger partial charge in [-0.15, -0.1) is 0 Å². The van der Waals surface area contributed by atoms with Gasteiger partial charge in [-0.2, -0.15) is 0 Å². The second-order valence-electron chi connectivity index (χ2n) is 7.66. The van der Waals surface area contributed by atoms with Gasteiger partial charge < -0.3 is 4.90 Å². The molecule has 30 heavy (non-hydrogen) atoms. The monoisotopic (exact) mass is 472 g/mol. The lowest BCUT2D eigenvalue weighted by atomic mass is 10.1. The first-order valence-corrected chi connectivity index (χ1v) is 13.4. The molecule has 0 N–H and O–H groups in total. The molecule has 2 aromatic rings. The number of sulfone groups is 2. The van der Waals surface area contributed by atoms with Crippen molar-refractivity contribution in [2.75, 3.05) is 42.6 Å². The molecule has 0 bridgehead atoms. The molecule has 0 aliphatic carbocycles. The second-order valence-corrected chi connectivity index (χ2v) is 12.4. The predicted octanol–water partition coefficient (Wildman–Crippen LogP) is 2.24. The maximum absolute atomic E-state index is 14.1. The van der Waals surface area contributed by atoms with Gasteiger partial charge in [0.15, 0.2) is 19.7 Å². The third-order valence-electron chi connectivity index (χ3n) is 5.79. The van der Waals surface area contributed by atoms with Crippen LogP contribution >= 0.6 is 11.6 Å². The van der Waals surface area contributed by atoms with Crippen LogP contribution in [-0.2, 0) is 19.7 Å². The molecule has 0 unspecified atom stereocenters. The molecule has 0 amide bonds. The van der Waals surface area contributed by atoms with E-state index in [9.17, 15) is 21.2 Å². The SMILES string of the molecule is O=S1(=O)C[C@H](N2CCN(c3ccccc3F)CC2)[C@@H](S(=O)(=O)c2ccc(Cl)cc2)C1. The van der Waals surface area contributed by atoms with Crippen molar-refractivity contribution in [2.45, 2.75) is 16.2 Å². The largest absolute Gasteiger partial charge is 0.367 e. The number of halogens is 2. The number of nitrogens with zero attached hydrogens (tertiary/aromatic N) is 2. The quantitative estimate of drug-likeness (QED) is 0.679. The van der Waals surface area contributed by atoms with Gasteiger partial charge in [0.1, 0.15) is 5.82 Å². The van der Waals surface area contributed by atoms with Crippen molar-refractivity contribution >= 4 is 37.0 Å². The van der Waals surface area contributed by atoms with Gasteiger partial charge in [0.05, 0.1) is 27.3 Å². The molecule has 0 saturated carbocycles. The third-order valence-corrected chi connectivity index (χ3v) is 10.2. The van der Waals surface area contributed by atoms with Gasteiger partial charge in [-0.05, 0) is 36.4 Å². The Hall–Kier alpha value is -1.68. The summed E-state index contributed by atoms with van der Waals surface area (Å²) < 4.78 is 65.3. The third kappa shape index (κ3) is 4.21. The van der Waals surface area contributed by atoms with Crippen LogP contribution in [0.15, 0.2) is 53.4 Å². The lowest BCUT2D eigenvalue weighted by Gasteiger charge is -2.40. The maximum atomic E-state index is 14.1. The number of hydrogen-bond donors (Lipinski definition) is 0. The molecule has 0 radical (unpaired) electrons. The summed E-state index contributed by atoms with van der Waals surface area (Å²) in [4.78, 5) is 3.89. The average molecular weight is 473 g/mol. The summed E-state index contributed by atoms with van der Waals surface area (Å²) in [5.41, 5.74) is 0.501. The summed E-state index contributed by atoms with van der Waals surface area (Å²) >= 11 is 5.86. The number of hydrogen-bond acceptors (Lipinski definition) is 6. The summed E-state index contributed by atoms with van der Waals surface area (Å²) in [6.07, 6.45) is 0. The summed E-state index contributed by atoms with van der Waals surface area (Å²) in [5, 5.41) is -0.627. The molecule has 10 heteroatoms. The van der Waals surface area contributed by atoms with E-state index in [4.69, 9.17) is 11.6 Å².